The summed E-state index contributed by atoms with van der Waals surface area (Å²) >= 11 is 1.45. The van der Waals surface area contributed by atoms with Gasteiger partial charge in [-0.2, -0.15) is 0 Å². The van der Waals surface area contributed by atoms with Crippen LogP contribution >= 0.6 is 11.8 Å². The van der Waals surface area contributed by atoms with Crippen molar-refractivity contribution in [3.8, 4) is 5.75 Å². The van der Waals surface area contributed by atoms with Crippen molar-refractivity contribution in [1.29, 1.82) is 0 Å². The summed E-state index contributed by atoms with van der Waals surface area (Å²) in [6, 6.07) is 21.4. The second-order valence-electron chi connectivity index (χ2n) is 13.2. The first-order valence-electron chi connectivity index (χ1n) is 16.8. The van der Waals surface area contributed by atoms with Gasteiger partial charge in [0.15, 0.2) is 12.7 Å². The zero-order chi connectivity index (χ0) is 36.4. The number of aryl methyl sites for hydroxylation is 1. The summed E-state index contributed by atoms with van der Waals surface area (Å²) in [7, 11) is 3.80. The molecule has 1 saturated heterocycles. The van der Waals surface area contributed by atoms with Gasteiger partial charge in [-0.1, -0.05) is 67.6 Å². The van der Waals surface area contributed by atoms with E-state index in [-0.39, 0.29) is 31.2 Å². The van der Waals surface area contributed by atoms with E-state index in [9.17, 15) is 24.3 Å². The number of nitrogens with one attached hydrogen (secondary N) is 3. The highest BCUT2D eigenvalue weighted by molar-refractivity contribution is 8.00. The number of amides is 4. The maximum Gasteiger partial charge on any atom is 0.258 e. The summed E-state index contributed by atoms with van der Waals surface area (Å²) < 4.78 is 5.04. The maximum atomic E-state index is 14.0. The Kier molecular flexibility index (Phi) is 13.3. The minimum atomic E-state index is -1.67. The van der Waals surface area contributed by atoms with Crippen molar-refractivity contribution in [1.82, 2.24) is 20.9 Å². The number of aliphatic hydroxyl groups is 1. The summed E-state index contributed by atoms with van der Waals surface area (Å²) in [6.45, 7) is 7.52. The molecule has 268 valence electrons. The predicted molar refractivity (Wildman–Crippen MR) is 197 cm³/mol. The van der Waals surface area contributed by atoms with Gasteiger partial charge in [0.2, 0.25) is 11.8 Å². The maximum absolute atomic E-state index is 14.0. The second-order valence-corrected chi connectivity index (χ2v) is 14.8. The second kappa shape index (κ2) is 17.4. The molecule has 0 aromatic heterocycles. The first kappa shape index (κ1) is 38.3. The molecular formula is C38H49N5O6S. The average molecular weight is 704 g/mol. The molecule has 50 heavy (non-hydrogen) atoms. The van der Waals surface area contributed by atoms with Crippen LogP contribution in [0.3, 0.4) is 0 Å². The van der Waals surface area contributed by atoms with Gasteiger partial charge in [0.1, 0.15) is 17.8 Å². The molecule has 0 bridgehead atoms. The van der Waals surface area contributed by atoms with Crippen molar-refractivity contribution in [3.63, 3.8) is 0 Å². The monoisotopic (exact) mass is 703 g/mol. The van der Waals surface area contributed by atoms with E-state index >= 15 is 0 Å². The van der Waals surface area contributed by atoms with Crippen LogP contribution in [0.2, 0.25) is 0 Å². The lowest BCUT2D eigenvalue weighted by Crippen LogP contribution is -2.60. The van der Waals surface area contributed by atoms with Gasteiger partial charge in [0.05, 0.1) is 11.9 Å². The third-order valence-electron chi connectivity index (χ3n) is 8.82. The van der Waals surface area contributed by atoms with E-state index in [4.69, 9.17) is 4.74 Å². The zero-order valence-corrected chi connectivity index (χ0v) is 30.5. The highest BCUT2D eigenvalue weighted by atomic mass is 32.2. The van der Waals surface area contributed by atoms with Crippen molar-refractivity contribution < 1.29 is 29.0 Å². The fraction of sp³-hybridized carbons (Fsp3) is 0.421. The largest absolute Gasteiger partial charge is 0.484 e. The number of ether oxygens (including phenoxy) is 1. The number of hydrogen-bond acceptors (Lipinski definition) is 8. The number of hydrogen-bond donors (Lipinski definition) is 4. The number of thioether (sulfide) groups is 1. The molecule has 4 amide bonds. The molecule has 0 unspecified atom stereocenters. The number of rotatable bonds is 15. The number of anilines is 1. The molecule has 1 aliphatic heterocycles. The molecule has 3 aromatic carbocycles. The minimum Gasteiger partial charge on any atom is -0.484 e. The molecule has 0 saturated carbocycles. The number of carbonyl (C=O) groups is 4. The summed E-state index contributed by atoms with van der Waals surface area (Å²) in [5.74, 6) is -1.31. The summed E-state index contributed by atoms with van der Waals surface area (Å²) in [5.41, 5.74) is 3.71. The van der Waals surface area contributed by atoms with Gasteiger partial charge < -0.3 is 35.6 Å². The van der Waals surface area contributed by atoms with Crippen LogP contribution in [0.5, 0.6) is 5.75 Å². The number of aliphatic hydroxyl groups excluding tert-OH is 1. The molecule has 0 radical (unpaired) electrons. The Bertz CT molecular complexity index is 1630. The third kappa shape index (κ3) is 10.0. The van der Waals surface area contributed by atoms with Crippen molar-refractivity contribution >= 4 is 41.1 Å². The summed E-state index contributed by atoms with van der Waals surface area (Å²) in [6.07, 6.45) is -1.26. The van der Waals surface area contributed by atoms with Crippen LogP contribution in [0.15, 0.2) is 78.9 Å². The van der Waals surface area contributed by atoms with Crippen LogP contribution in [-0.4, -0.2) is 89.2 Å². The van der Waals surface area contributed by atoms with E-state index in [0.29, 0.717) is 12.3 Å². The Labute approximate surface area is 299 Å². The van der Waals surface area contributed by atoms with Gasteiger partial charge >= 0.3 is 0 Å². The Balaban J connectivity index is 1.46. The van der Waals surface area contributed by atoms with Gasteiger partial charge in [-0.05, 0) is 62.4 Å². The van der Waals surface area contributed by atoms with E-state index < -0.39 is 46.7 Å². The molecule has 0 spiro atoms. The molecule has 4 rings (SSSR count). The van der Waals surface area contributed by atoms with Gasteiger partial charge in [-0.3, -0.25) is 19.2 Å². The molecule has 4 N–H and O–H groups in total. The third-order valence-corrected chi connectivity index (χ3v) is 10.2. The van der Waals surface area contributed by atoms with Crippen molar-refractivity contribution in [3.05, 3.63) is 95.6 Å². The number of benzene rings is 3. The van der Waals surface area contributed by atoms with E-state index in [1.165, 1.54) is 16.7 Å². The Morgan fingerprint density at radius 2 is 1.70 bits per heavy atom. The quantitative estimate of drug-likeness (QED) is 0.189. The smallest absolute Gasteiger partial charge is 0.258 e. The first-order valence-corrected chi connectivity index (χ1v) is 17.8. The predicted octanol–water partition coefficient (Wildman–Crippen LogP) is 3.42. The topological polar surface area (TPSA) is 140 Å². The Morgan fingerprint density at radius 1 is 1.00 bits per heavy atom. The van der Waals surface area contributed by atoms with Crippen LogP contribution in [0.25, 0.3) is 0 Å². The van der Waals surface area contributed by atoms with E-state index in [1.54, 1.807) is 13.0 Å². The molecule has 11 nitrogen and oxygen atoms in total. The minimum absolute atomic E-state index is 0.143. The summed E-state index contributed by atoms with van der Waals surface area (Å²) in [5, 5.41) is 20.1. The number of nitrogens with zero attached hydrogens (tertiary/aromatic N) is 2. The van der Waals surface area contributed by atoms with Crippen molar-refractivity contribution in [2.45, 2.75) is 76.1 Å². The standard InChI is InChI=1S/C38H49N5O6S/c1-7-30(40-32(44)23-49-29-19-13-18-28(21-29)42(5)6)35(46)41-31(20-26-15-9-8-10-16-26)33(45)37(48)43-24-50-38(3,4)34(43)36(47)39-22-27-17-12-11-14-25(27)2/h8-19,21,30-31,33-34,45H,7,20,22-24H2,1-6H3,(H,39,47)(H,40,44)(H,41,46)/t30-,31-,33-,34+/m0/s1. The molecule has 1 fully saturated rings. The molecule has 4 atom stereocenters. The van der Waals surface area contributed by atoms with Crippen LogP contribution in [0.4, 0.5) is 5.69 Å². The van der Waals surface area contributed by atoms with E-state index in [0.717, 1.165) is 22.4 Å². The number of carbonyl (C=O) groups excluding carboxylic acids is 4. The van der Waals surface area contributed by atoms with Crippen molar-refractivity contribution in [2.24, 2.45) is 0 Å². The molecular weight excluding hydrogens is 655 g/mol. The lowest BCUT2D eigenvalue weighted by Gasteiger charge is -2.33. The fourth-order valence-corrected chi connectivity index (χ4v) is 6.96. The molecule has 12 heteroatoms. The van der Waals surface area contributed by atoms with Crippen LogP contribution in [0, 0.1) is 6.92 Å². The average Bonchev–Trinajstić information content (AvgIpc) is 3.43. The van der Waals surface area contributed by atoms with Gasteiger partial charge in [-0.15, -0.1) is 11.8 Å². The highest BCUT2D eigenvalue weighted by Crippen LogP contribution is 2.40. The Hall–Kier alpha value is -4.55. The van der Waals surface area contributed by atoms with Crippen molar-refractivity contribution in [2.75, 3.05) is 31.5 Å². The van der Waals surface area contributed by atoms with Gasteiger partial charge in [0, 0.05) is 37.1 Å². The zero-order valence-electron chi connectivity index (χ0n) is 29.6. The van der Waals surface area contributed by atoms with Gasteiger partial charge in [-0.25, -0.2) is 0 Å². The van der Waals surface area contributed by atoms with Gasteiger partial charge in [0.25, 0.3) is 11.8 Å². The normalized spacial score (nSPS) is 16.9. The molecule has 3 aromatic rings. The first-order chi connectivity index (χ1) is 23.8. The van der Waals surface area contributed by atoms with E-state index in [2.05, 4.69) is 16.0 Å². The van der Waals surface area contributed by atoms with E-state index in [1.807, 2.05) is 113 Å². The molecule has 0 aliphatic carbocycles. The van der Waals surface area contributed by atoms with Crippen LogP contribution in [0.1, 0.15) is 43.9 Å². The SMILES string of the molecule is CC[C@H](NC(=O)COc1cccc(N(C)C)c1)C(=O)N[C@@H](Cc1ccccc1)[C@H](O)C(=O)N1CSC(C)(C)[C@H]1C(=O)NCc1ccccc1C. The Morgan fingerprint density at radius 3 is 2.38 bits per heavy atom. The molecule has 1 aliphatic rings. The lowest BCUT2D eigenvalue weighted by molar-refractivity contribution is -0.148. The fourth-order valence-electron chi connectivity index (χ4n) is 5.82. The molecule has 1 heterocycles. The van der Waals surface area contributed by atoms with Crippen LogP contribution in [-0.2, 0) is 32.1 Å². The summed E-state index contributed by atoms with van der Waals surface area (Å²) in [4.78, 5) is 57.4. The van der Waals surface area contributed by atoms with Crippen LogP contribution < -0.4 is 25.6 Å². The lowest BCUT2D eigenvalue weighted by atomic mass is 9.96. The highest BCUT2D eigenvalue weighted by Gasteiger charge is 2.49.